The fourth-order valence-electron chi connectivity index (χ4n) is 1.78. The monoisotopic (exact) mass is 169 g/mol. The predicted molar refractivity (Wildman–Crippen MR) is 51.3 cm³/mol. The van der Waals surface area contributed by atoms with Crippen LogP contribution in [0.25, 0.3) is 0 Å². The van der Waals surface area contributed by atoms with E-state index in [-0.39, 0.29) is 0 Å². The minimum Gasteiger partial charge on any atom is -0.399 e. The van der Waals surface area contributed by atoms with Crippen molar-refractivity contribution in [3.63, 3.8) is 0 Å². The molecular weight excluding hydrogens is 150 g/mol. The van der Waals surface area contributed by atoms with Crippen LogP contribution in [0, 0.1) is 5.92 Å². The molecule has 0 saturated heterocycles. The van der Waals surface area contributed by atoms with E-state index < -0.39 is 0 Å². The molecule has 12 heavy (non-hydrogen) atoms. The summed E-state index contributed by atoms with van der Waals surface area (Å²) in [7, 11) is 1.61. The summed E-state index contributed by atoms with van der Waals surface area (Å²) in [5.74, 6) is 0.672. The summed E-state index contributed by atoms with van der Waals surface area (Å²) in [6.45, 7) is 0. The van der Waals surface area contributed by atoms with Crippen LogP contribution >= 0.6 is 0 Å². The summed E-state index contributed by atoms with van der Waals surface area (Å²) >= 11 is 0. The topological polar surface area (TPSA) is 21.6 Å². The van der Waals surface area contributed by atoms with Gasteiger partial charge in [0, 0.05) is 6.21 Å². The van der Waals surface area contributed by atoms with Gasteiger partial charge >= 0.3 is 0 Å². The van der Waals surface area contributed by atoms with Gasteiger partial charge in [-0.15, -0.1) is 0 Å². The molecule has 0 radical (unpaired) electrons. The molecule has 0 bridgehead atoms. The molecule has 0 atom stereocenters. The van der Waals surface area contributed by atoms with Crippen LogP contribution in [0.2, 0.25) is 0 Å². The fraction of sp³-hybridized carbons (Fsp3) is 0.900. The van der Waals surface area contributed by atoms with E-state index in [9.17, 15) is 0 Å². The van der Waals surface area contributed by atoms with Crippen LogP contribution in [-0.4, -0.2) is 13.3 Å². The van der Waals surface area contributed by atoms with Crippen LogP contribution in [0.15, 0.2) is 5.16 Å². The molecule has 70 valence electrons. The van der Waals surface area contributed by atoms with Gasteiger partial charge in [0.15, 0.2) is 0 Å². The van der Waals surface area contributed by atoms with Crippen molar-refractivity contribution in [3.05, 3.63) is 0 Å². The highest BCUT2D eigenvalue weighted by Gasteiger charge is 2.08. The van der Waals surface area contributed by atoms with E-state index in [0.29, 0.717) is 5.92 Å². The highest BCUT2D eigenvalue weighted by Crippen LogP contribution is 2.20. The number of nitrogens with zero attached hydrogens (tertiary/aromatic N) is 1. The Hall–Kier alpha value is -0.530. The van der Waals surface area contributed by atoms with Gasteiger partial charge in [0.1, 0.15) is 7.11 Å². The number of oxime groups is 1. The van der Waals surface area contributed by atoms with E-state index >= 15 is 0 Å². The predicted octanol–water partition coefficient (Wildman–Crippen LogP) is 2.98. The minimum atomic E-state index is 0.672. The highest BCUT2D eigenvalue weighted by molar-refractivity contribution is 5.59. The average molecular weight is 169 g/mol. The molecule has 0 unspecified atom stereocenters. The first-order valence-electron chi connectivity index (χ1n) is 5.00. The lowest BCUT2D eigenvalue weighted by atomic mass is 9.92. The zero-order valence-corrected chi connectivity index (χ0v) is 7.96. The summed E-state index contributed by atoms with van der Waals surface area (Å²) in [6.07, 6.45) is 11.5. The van der Waals surface area contributed by atoms with E-state index in [4.69, 9.17) is 0 Å². The molecule has 0 aromatic rings. The first-order chi connectivity index (χ1) is 5.93. The summed E-state index contributed by atoms with van der Waals surface area (Å²) in [5, 5.41) is 3.84. The molecule has 0 aromatic heterocycles. The minimum absolute atomic E-state index is 0.672. The molecule has 0 heterocycles. The van der Waals surface area contributed by atoms with E-state index in [1.807, 2.05) is 6.21 Å². The Labute approximate surface area is 75.0 Å². The van der Waals surface area contributed by atoms with E-state index in [1.165, 1.54) is 44.9 Å². The van der Waals surface area contributed by atoms with Crippen molar-refractivity contribution in [2.75, 3.05) is 7.11 Å². The van der Waals surface area contributed by atoms with E-state index in [2.05, 4.69) is 9.99 Å². The molecular formula is C10H19NO. The van der Waals surface area contributed by atoms with Crippen molar-refractivity contribution in [1.29, 1.82) is 0 Å². The second kappa shape index (κ2) is 6.04. The standard InChI is InChI=1S/C10H19NO/c1-12-11-9-10-7-5-3-2-4-6-8-10/h9-10H,2-8H2,1H3/b11-9+. The molecule has 1 aliphatic carbocycles. The molecule has 1 rings (SSSR count). The second-order valence-corrected chi connectivity index (χ2v) is 3.54. The first-order valence-corrected chi connectivity index (χ1v) is 5.00. The van der Waals surface area contributed by atoms with Gasteiger partial charge in [-0.05, 0) is 18.8 Å². The van der Waals surface area contributed by atoms with Gasteiger partial charge in [-0.25, -0.2) is 0 Å². The summed E-state index contributed by atoms with van der Waals surface area (Å²) in [6, 6.07) is 0. The highest BCUT2D eigenvalue weighted by atomic mass is 16.6. The van der Waals surface area contributed by atoms with Crippen LogP contribution in [0.1, 0.15) is 44.9 Å². The van der Waals surface area contributed by atoms with E-state index in [1.54, 1.807) is 7.11 Å². The number of rotatable bonds is 2. The first kappa shape index (κ1) is 9.56. The lowest BCUT2D eigenvalue weighted by Gasteiger charge is -2.14. The summed E-state index contributed by atoms with van der Waals surface area (Å²) in [5.41, 5.74) is 0. The van der Waals surface area contributed by atoms with Crippen molar-refractivity contribution in [2.45, 2.75) is 44.9 Å². The van der Waals surface area contributed by atoms with Crippen LogP contribution in [0.4, 0.5) is 0 Å². The maximum absolute atomic E-state index is 4.69. The second-order valence-electron chi connectivity index (χ2n) is 3.54. The zero-order chi connectivity index (χ0) is 8.65. The molecule has 0 aliphatic heterocycles. The van der Waals surface area contributed by atoms with Gasteiger partial charge in [0.25, 0.3) is 0 Å². The van der Waals surface area contributed by atoms with Crippen LogP contribution in [-0.2, 0) is 4.84 Å². The van der Waals surface area contributed by atoms with Crippen molar-refractivity contribution in [3.8, 4) is 0 Å². The Kier molecular flexibility index (Phi) is 4.81. The summed E-state index contributed by atoms with van der Waals surface area (Å²) < 4.78 is 0. The molecule has 1 fully saturated rings. The molecule has 0 spiro atoms. The van der Waals surface area contributed by atoms with E-state index in [0.717, 1.165) is 0 Å². The maximum Gasteiger partial charge on any atom is 0.106 e. The van der Waals surface area contributed by atoms with Crippen molar-refractivity contribution in [1.82, 2.24) is 0 Å². The third-order valence-corrected chi connectivity index (χ3v) is 2.53. The van der Waals surface area contributed by atoms with Crippen LogP contribution in [0.3, 0.4) is 0 Å². The molecule has 0 N–H and O–H groups in total. The Morgan fingerprint density at radius 1 is 1.08 bits per heavy atom. The summed E-state index contributed by atoms with van der Waals surface area (Å²) in [4.78, 5) is 4.69. The Morgan fingerprint density at radius 3 is 2.25 bits per heavy atom. The SMILES string of the molecule is CO/N=C/C1CCCCCCC1. The largest absolute Gasteiger partial charge is 0.399 e. The third kappa shape index (κ3) is 3.74. The quantitative estimate of drug-likeness (QED) is 0.460. The molecule has 1 aliphatic rings. The Balaban J connectivity index is 2.24. The molecule has 0 amide bonds. The number of hydrogen-bond acceptors (Lipinski definition) is 2. The zero-order valence-electron chi connectivity index (χ0n) is 7.96. The van der Waals surface area contributed by atoms with Gasteiger partial charge in [0.2, 0.25) is 0 Å². The lowest BCUT2D eigenvalue weighted by molar-refractivity contribution is 0.212. The van der Waals surface area contributed by atoms with Crippen LogP contribution in [0.5, 0.6) is 0 Å². The Bertz CT molecular complexity index is 126. The normalized spacial score (nSPS) is 22.1. The smallest absolute Gasteiger partial charge is 0.106 e. The fourth-order valence-corrected chi connectivity index (χ4v) is 1.78. The maximum atomic E-state index is 4.69. The third-order valence-electron chi connectivity index (χ3n) is 2.53. The molecule has 0 aromatic carbocycles. The molecule has 2 heteroatoms. The average Bonchev–Trinajstić information content (AvgIpc) is 2.02. The van der Waals surface area contributed by atoms with Gasteiger partial charge in [0.05, 0.1) is 0 Å². The lowest BCUT2D eigenvalue weighted by Crippen LogP contribution is -2.04. The van der Waals surface area contributed by atoms with Gasteiger partial charge in [-0.3, -0.25) is 0 Å². The van der Waals surface area contributed by atoms with Crippen molar-refractivity contribution in [2.24, 2.45) is 11.1 Å². The Morgan fingerprint density at radius 2 is 1.67 bits per heavy atom. The van der Waals surface area contributed by atoms with Crippen LogP contribution < -0.4 is 0 Å². The number of hydrogen-bond donors (Lipinski definition) is 0. The molecule has 1 saturated carbocycles. The van der Waals surface area contributed by atoms with Crippen molar-refractivity contribution < 1.29 is 4.84 Å². The van der Waals surface area contributed by atoms with Gasteiger partial charge < -0.3 is 4.84 Å². The van der Waals surface area contributed by atoms with Gasteiger partial charge in [-0.1, -0.05) is 37.3 Å². The van der Waals surface area contributed by atoms with Crippen molar-refractivity contribution >= 4 is 6.21 Å². The molecule has 2 nitrogen and oxygen atoms in total. The van der Waals surface area contributed by atoms with Gasteiger partial charge in [-0.2, -0.15) is 0 Å².